The van der Waals surface area contributed by atoms with Gasteiger partial charge in [-0.15, -0.1) is 0 Å². The van der Waals surface area contributed by atoms with Crippen molar-refractivity contribution in [1.82, 2.24) is 4.98 Å². The predicted octanol–water partition coefficient (Wildman–Crippen LogP) is 2.00. The average Bonchev–Trinajstić information content (AvgIpc) is 2.06. The van der Waals surface area contributed by atoms with Gasteiger partial charge in [-0.05, 0) is 15.9 Å². The van der Waals surface area contributed by atoms with E-state index in [4.69, 9.17) is 10.7 Å². The minimum atomic E-state index is -4.24. The lowest BCUT2D eigenvalue weighted by molar-refractivity contribution is 0.144. The van der Waals surface area contributed by atoms with E-state index in [0.29, 0.717) is 6.07 Å². The Morgan fingerprint density at radius 2 is 2.00 bits per heavy atom. The summed E-state index contributed by atoms with van der Waals surface area (Å²) in [4.78, 5) is 12.0. The summed E-state index contributed by atoms with van der Waals surface area (Å²) in [6, 6.07) is 0.623. The van der Waals surface area contributed by atoms with Crippen molar-refractivity contribution in [2.45, 2.75) is 11.3 Å². The molecular weight excluding hydrogens is 319 g/mol. The van der Waals surface area contributed by atoms with Crippen LogP contribution in [0.4, 0.5) is 8.78 Å². The number of H-pyrrole nitrogens is 1. The number of pyridine rings is 1. The number of nitrogens with one attached hydrogen (secondary N) is 1. The third-order valence-electron chi connectivity index (χ3n) is 1.45. The van der Waals surface area contributed by atoms with Crippen molar-refractivity contribution in [2.24, 2.45) is 0 Å². The quantitative estimate of drug-likeness (QED) is 0.847. The van der Waals surface area contributed by atoms with E-state index in [1.54, 1.807) is 0 Å². The molecule has 1 aromatic rings. The van der Waals surface area contributed by atoms with Crippen LogP contribution in [0.25, 0.3) is 0 Å². The van der Waals surface area contributed by atoms with E-state index in [9.17, 15) is 22.0 Å². The monoisotopic (exact) mass is 321 g/mol. The second kappa shape index (κ2) is 4.18. The summed E-state index contributed by atoms with van der Waals surface area (Å²) < 4.78 is 46.1. The van der Waals surface area contributed by atoms with Gasteiger partial charge in [-0.25, -0.2) is 17.2 Å². The number of rotatable bonds is 2. The van der Waals surface area contributed by atoms with E-state index in [-0.39, 0.29) is 0 Å². The Kier molecular flexibility index (Phi) is 3.51. The molecule has 84 valence electrons. The Labute approximate surface area is 95.8 Å². The maximum absolute atomic E-state index is 12.3. The molecule has 1 rings (SSSR count). The van der Waals surface area contributed by atoms with Crippen molar-refractivity contribution in [1.29, 1.82) is 0 Å². The van der Waals surface area contributed by atoms with E-state index in [1.807, 2.05) is 4.98 Å². The molecule has 9 heteroatoms. The highest BCUT2D eigenvalue weighted by Gasteiger charge is 2.22. The molecule has 4 nitrogen and oxygen atoms in total. The number of alkyl halides is 2. The Morgan fingerprint density at radius 3 is 2.40 bits per heavy atom. The zero-order valence-electron chi connectivity index (χ0n) is 6.80. The SMILES string of the molecule is O=c1cc(S(=O)(=O)Cl)c(Br)c(C(F)F)[nH]1. The van der Waals surface area contributed by atoms with Crippen LogP contribution < -0.4 is 5.56 Å². The zero-order chi connectivity index (χ0) is 11.8. The van der Waals surface area contributed by atoms with Crippen molar-refractivity contribution < 1.29 is 17.2 Å². The minimum absolute atomic E-state index is 0.438. The summed E-state index contributed by atoms with van der Waals surface area (Å²) in [5.74, 6) is 0. The van der Waals surface area contributed by atoms with Gasteiger partial charge in [0.1, 0.15) is 10.6 Å². The number of hydrogen-bond acceptors (Lipinski definition) is 3. The van der Waals surface area contributed by atoms with E-state index >= 15 is 0 Å². The fourth-order valence-corrected chi connectivity index (χ4v) is 3.11. The molecule has 0 aliphatic heterocycles. The molecule has 0 aliphatic rings. The van der Waals surface area contributed by atoms with Crippen LogP contribution >= 0.6 is 26.6 Å². The Morgan fingerprint density at radius 1 is 1.47 bits per heavy atom. The van der Waals surface area contributed by atoms with E-state index < -0.39 is 36.1 Å². The van der Waals surface area contributed by atoms with E-state index in [2.05, 4.69) is 15.9 Å². The van der Waals surface area contributed by atoms with E-state index in [0.717, 1.165) is 0 Å². The zero-order valence-corrected chi connectivity index (χ0v) is 9.96. The van der Waals surface area contributed by atoms with Crippen molar-refractivity contribution in [2.75, 3.05) is 0 Å². The first-order chi connectivity index (χ1) is 6.73. The fourth-order valence-electron chi connectivity index (χ4n) is 0.867. The summed E-state index contributed by atoms with van der Waals surface area (Å²) in [5, 5.41) is 0. The van der Waals surface area contributed by atoms with E-state index in [1.165, 1.54) is 0 Å². The molecule has 0 saturated heterocycles. The van der Waals surface area contributed by atoms with Crippen molar-refractivity contribution >= 4 is 35.7 Å². The van der Waals surface area contributed by atoms with Gasteiger partial charge in [-0.2, -0.15) is 0 Å². The number of hydrogen-bond donors (Lipinski definition) is 1. The van der Waals surface area contributed by atoms with Gasteiger partial charge in [0.05, 0.1) is 4.47 Å². The summed E-state index contributed by atoms with van der Waals surface area (Å²) in [6.45, 7) is 0. The van der Waals surface area contributed by atoms with Crippen LogP contribution in [0.3, 0.4) is 0 Å². The summed E-state index contributed by atoms with van der Waals surface area (Å²) >= 11 is 2.64. The van der Waals surface area contributed by atoms with Gasteiger partial charge in [-0.1, -0.05) is 0 Å². The lowest BCUT2D eigenvalue weighted by atomic mass is 10.3. The Hall–Kier alpha value is -0.470. The molecule has 15 heavy (non-hydrogen) atoms. The second-order valence-corrected chi connectivity index (χ2v) is 5.79. The minimum Gasteiger partial charge on any atom is -0.320 e. The van der Waals surface area contributed by atoms with Crippen molar-refractivity contribution in [3.63, 3.8) is 0 Å². The van der Waals surface area contributed by atoms with Gasteiger partial charge in [0.15, 0.2) is 0 Å². The highest BCUT2D eigenvalue weighted by molar-refractivity contribution is 9.10. The van der Waals surface area contributed by atoms with Crippen LogP contribution in [0.2, 0.25) is 0 Å². The van der Waals surface area contributed by atoms with Gasteiger partial charge in [0, 0.05) is 16.7 Å². The van der Waals surface area contributed by atoms with Crippen LogP contribution in [0.1, 0.15) is 12.1 Å². The smallest absolute Gasteiger partial charge is 0.279 e. The Balaban J connectivity index is 3.64. The van der Waals surface area contributed by atoms with Gasteiger partial charge in [0.25, 0.3) is 15.5 Å². The predicted molar refractivity (Wildman–Crippen MR) is 52.8 cm³/mol. The average molecular weight is 323 g/mol. The van der Waals surface area contributed by atoms with Crippen LogP contribution in [0.5, 0.6) is 0 Å². The second-order valence-electron chi connectivity index (χ2n) is 2.46. The first kappa shape index (κ1) is 12.6. The molecule has 0 amide bonds. The summed E-state index contributed by atoms with van der Waals surface area (Å²) in [5.41, 5.74) is -1.78. The van der Waals surface area contributed by atoms with Gasteiger partial charge in [0.2, 0.25) is 5.56 Å². The molecule has 1 N–H and O–H groups in total. The molecule has 0 saturated carbocycles. The molecule has 0 atom stereocenters. The molecule has 1 heterocycles. The molecule has 0 unspecified atom stereocenters. The molecule has 0 fully saturated rings. The first-order valence-electron chi connectivity index (χ1n) is 3.39. The lowest BCUT2D eigenvalue weighted by Gasteiger charge is -2.05. The number of halogens is 4. The third-order valence-corrected chi connectivity index (χ3v) is 3.92. The molecule has 0 bridgehead atoms. The number of aromatic nitrogens is 1. The third kappa shape index (κ3) is 2.76. The molecule has 0 radical (unpaired) electrons. The van der Waals surface area contributed by atoms with Crippen LogP contribution in [0.15, 0.2) is 20.2 Å². The Bertz CT molecular complexity index is 542. The maximum atomic E-state index is 12.3. The topological polar surface area (TPSA) is 67.0 Å². The van der Waals surface area contributed by atoms with Crippen LogP contribution in [-0.2, 0) is 9.05 Å². The molecule has 0 aliphatic carbocycles. The normalized spacial score (nSPS) is 12.1. The summed E-state index contributed by atoms with van der Waals surface area (Å²) in [6.07, 6.45) is -3.01. The molecule has 1 aromatic heterocycles. The van der Waals surface area contributed by atoms with Crippen LogP contribution in [0, 0.1) is 0 Å². The van der Waals surface area contributed by atoms with Gasteiger partial charge in [-0.3, -0.25) is 4.79 Å². The van der Waals surface area contributed by atoms with Gasteiger partial charge >= 0.3 is 0 Å². The maximum Gasteiger partial charge on any atom is 0.279 e. The van der Waals surface area contributed by atoms with Crippen molar-refractivity contribution in [3.05, 3.63) is 26.6 Å². The molecule has 0 aromatic carbocycles. The molecule has 0 spiro atoms. The highest BCUT2D eigenvalue weighted by Crippen LogP contribution is 2.30. The summed E-state index contributed by atoms with van der Waals surface area (Å²) in [7, 11) is 0.717. The number of aromatic amines is 1. The highest BCUT2D eigenvalue weighted by atomic mass is 79.9. The van der Waals surface area contributed by atoms with Crippen molar-refractivity contribution in [3.8, 4) is 0 Å². The molecular formula is C6H3BrClF2NO3S. The standard InChI is InChI=1S/C6H3BrClF2NO3S/c7-4-2(15(8,13)14)1-3(12)11-5(4)6(9)10/h1,6H,(H,11,12). The van der Waals surface area contributed by atoms with Gasteiger partial charge < -0.3 is 4.98 Å². The lowest BCUT2D eigenvalue weighted by Crippen LogP contribution is -2.12. The fraction of sp³-hybridized carbons (Fsp3) is 0.167. The van der Waals surface area contributed by atoms with Crippen LogP contribution in [-0.4, -0.2) is 13.4 Å². The first-order valence-corrected chi connectivity index (χ1v) is 6.49. The largest absolute Gasteiger partial charge is 0.320 e.